The first-order valence-corrected chi connectivity index (χ1v) is 12.2. The van der Waals surface area contributed by atoms with E-state index in [1.54, 1.807) is 12.4 Å². The summed E-state index contributed by atoms with van der Waals surface area (Å²) in [7, 11) is 0. The molecule has 3 aromatic carbocycles. The minimum absolute atomic E-state index is 0.184. The number of H-pyrrole nitrogens is 1. The number of ketones is 1. The van der Waals surface area contributed by atoms with E-state index in [2.05, 4.69) is 29.0 Å². The number of nitrogens with one attached hydrogen (secondary N) is 1. The molecule has 1 atom stereocenters. The van der Waals surface area contributed by atoms with E-state index in [1.807, 2.05) is 61.5 Å². The monoisotopic (exact) mass is 466 g/mol. The third-order valence-electron chi connectivity index (χ3n) is 6.80. The lowest BCUT2D eigenvalue weighted by molar-refractivity contribution is 0.0970. The van der Waals surface area contributed by atoms with Gasteiger partial charge < -0.3 is 14.5 Å². The fourth-order valence-corrected chi connectivity index (χ4v) is 4.79. The molecule has 5 heteroatoms. The molecule has 1 aliphatic carbocycles. The highest BCUT2D eigenvalue weighted by atomic mass is 16.5. The second-order valence-electron chi connectivity index (χ2n) is 9.07. The molecular weight excluding hydrogens is 436 g/mol. The molecule has 0 amide bonds. The SMILES string of the molecule is CCc1cccc(OCc2c(O[C@@](C)(c3ccccc3)c3ncc[nH]3)ccc3c2CCCC3=O)c1. The van der Waals surface area contributed by atoms with Gasteiger partial charge in [0.2, 0.25) is 0 Å². The number of hydrogen-bond donors (Lipinski definition) is 1. The zero-order valence-corrected chi connectivity index (χ0v) is 20.2. The van der Waals surface area contributed by atoms with Crippen molar-refractivity contribution < 1.29 is 14.3 Å². The highest BCUT2D eigenvalue weighted by Crippen LogP contribution is 2.38. The molecule has 5 nitrogen and oxygen atoms in total. The van der Waals surface area contributed by atoms with E-state index in [0.29, 0.717) is 24.6 Å². The van der Waals surface area contributed by atoms with E-state index < -0.39 is 5.60 Å². The summed E-state index contributed by atoms with van der Waals surface area (Å²) in [5, 5.41) is 0. The smallest absolute Gasteiger partial charge is 0.188 e. The molecule has 35 heavy (non-hydrogen) atoms. The number of nitrogens with zero attached hydrogens (tertiary/aromatic N) is 1. The molecule has 4 aromatic rings. The summed E-state index contributed by atoms with van der Waals surface area (Å²) < 4.78 is 13.1. The van der Waals surface area contributed by atoms with Gasteiger partial charge in [0.15, 0.2) is 17.2 Å². The predicted molar refractivity (Wildman–Crippen MR) is 136 cm³/mol. The van der Waals surface area contributed by atoms with Gasteiger partial charge in [-0.15, -0.1) is 0 Å². The second kappa shape index (κ2) is 9.79. The minimum atomic E-state index is -0.853. The number of fused-ring (bicyclic) bond motifs is 1. The Morgan fingerprint density at radius 3 is 2.66 bits per heavy atom. The number of carbonyl (C=O) groups excluding carboxylic acids is 1. The average molecular weight is 467 g/mol. The van der Waals surface area contributed by atoms with Crippen LogP contribution >= 0.6 is 0 Å². The van der Waals surface area contributed by atoms with Crippen LogP contribution in [-0.2, 0) is 25.0 Å². The van der Waals surface area contributed by atoms with Gasteiger partial charge in [-0.05, 0) is 61.6 Å². The molecule has 1 N–H and O–H groups in total. The molecule has 178 valence electrons. The molecular formula is C30H30N2O3. The highest BCUT2D eigenvalue weighted by Gasteiger charge is 2.35. The summed E-state index contributed by atoms with van der Waals surface area (Å²) in [6.45, 7) is 4.46. The molecule has 0 fully saturated rings. The number of aryl methyl sites for hydroxylation is 1. The van der Waals surface area contributed by atoms with Crippen LogP contribution in [-0.4, -0.2) is 15.8 Å². The number of aromatic nitrogens is 2. The second-order valence-corrected chi connectivity index (χ2v) is 9.07. The topological polar surface area (TPSA) is 64.2 Å². The first kappa shape index (κ1) is 22.9. The van der Waals surface area contributed by atoms with Crippen molar-refractivity contribution in [3.8, 4) is 11.5 Å². The fourth-order valence-electron chi connectivity index (χ4n) is 4.79. The van der Waals surface area contributed by atoms with E-state index in [4.69, 9.17) is 9.47 Å². The van der Waals surface area contributed by atoms with Crippen molar-refractivity contribution in [2.75, 3.05) is 0 Å². The summed E-state index contributed by atoms with van der Waals surface area (Å²) >= 11 is 0. The Bertz CT molecular complexity index is 1310. The largest absolute Gasteiger partial charge is 0.489 e. The summed E-state index contributed by atoms with van der Waals surface area (Å²) in [6.07, 6.45) is 6.72. The van der Waals surface area contributed by atoms with Gasteiger partial charge in [0.1, 0.15) is 18.1 Å². The van der Waals surface area contributed by atoms with Crippen molar-refractivity contribution in [3.05, 3.63) is 113 Å². The number of hydrogen-bond acceptors (Lipinski definition) is 4. The number of Topliss-reactive ketones (excluding diaryl/α,β-unsaturated/α-hetero) is 1. The van der Waals surface area contributed by atoms with Crippen LogP contribution in [0.5, 0.6) is 11.5 Å². The maximum Gasteiger partial charge on any atom is 0.188 e. The third kappa shape index (κ3) is 4.59. The Kier molecular flexibility index (Phi) is 6.41. The van der Waals surface area contributed by atoms with Gasteiger partial charge in [-0.1, -0.05) is 49.4 Å². The summed E-state index contributed by atoms with van der Waals surface area (Å²) in [6, 6.07) is 22.0. The van der Waals surface area contributed by atoms with E-state index in [-0.39, 0.29) is 5.78 Å². The molecule has 0 aliphatic heterocycles. The van der Waals surface area contributed by atoms with Crippen molar-refractivity contribution >= 4 is 5.78 Å². The van der Waals surface area contributed by atoms with Crippen LogP contribution in [0.1, 0.15) is 65.1 Å². The van der Waals surface area contributed by atoms with Gasteiger partial charge in [0.05, 0.1) is 0 Å². The van der Waals surface area contributed by atoms with Crippen LogP contribution < -0.4 is 9.47 Å². The minimum Gasteiger partial charge on any atom is -0.489 e. The van der Waals surface area contributed by atoms with Gasteiger partial charge in [0, 0.05) is 35.5 Å². The van der Waals surface area contributed by atoms with Crippen molar-refractivity contribution in [2.24, 2.45) is 0 Å². The van der Waals surface area contributed by atoms with E-state index >= 15 is 0 Å². The molecule has 5 rings (SSSR count). The van der Waals surface area contributed by atoms with Gasteiger partial charge in [-0.25, -0.2) is 4.98 Å². The van der Waals surface area contributed by atoms with E-state index in [9.17, 15) is 4.79 Å². The number of carbonyl (C=O) groups is 1. The van der Waals surface area contributed by atoms with Crippen LogP contribution in [0.3, 0.4) is 0 Å². The predicted octanol–water partition coefficient (Wildman–Crippen LogP) is 6.41. The molecule has 1 heterocycles. The highest BCUT2D eigenvalue weighted by molar-refractivity contribution is 5.99. The molecule has 1 aliphatic rings. The van der Waals surface area contributed by atoms with Gasteiger partial charge in [-0.3, -0.25) is 4.79 Å². The zero-order valence-electron chi connectivity index (χ0n) is 20.2. The summed E-state index contributed by atoms with van der Waals surface area (Å²) in [4.78, 5) is 20.5. The van der Waals surface area contributed by atoms with Crippen molar-refractivity contribution in [2.45, 2.75) is 51.7 Å². The summed E-state index contributed by atoms with van der Waals surface area (Å²) in [5.74, 6) is 2.41. The third-order valence-corrected chi connectivity index (χ3v) is 6.80. The van der Waals surface area contributed by atoms with Crippen molar-refractivity contribution in [1.29, 1.82) is 0 Å². The number of imidazole rings is 1. The molecule has 0 bridgehead atoms. The van der Waals surface area contributed by atoms with Crippen LogP contribution in [0.2, 0.25) is 0 Å². The Balaban J connectivity index is 1.56. The average Bonchev–Trinajstić information content (AvgIpc) is 3.45. The molecule has 1 aromatic heterocycles. The zero-order chi connectivity index (χ0) is 24.3. The fraction of sp³-hybridized carbons (Fsp3) is 0.267. The van der Waals surface area contributed by atoms with E-state index in [1.165, 1.54) is 5.56 Å². The lowest BCUT2D eigenvalue weighted by atomic mass is 9.86. The Morgan fingerprint density at radius 2 is 1.89 bits per heavy atom. The van der Waals surface area contributed by atoms with Gasteiger partial charge in [-0.2, -0.15) is 0 Å². The number of aromatic amines is 1. The Hall–Kier alpha value is -3.86. The first-order valence-electron chi connectivity index (χ1n) is 12.2. The molecule has 0 radical (unpaired) electrons. The Labute approximate surface area is 206 Å². The number of ether oxygens (including phenoxy) is 2. The number of benzene rings is 3. The van der Waals surface area contributed by atoms with Gasteiger partial charge in [0.25, 0.3) is 0 Å². The van der Waals surface area contributed by atoms with Crippen molar-refractivity contribution in [3.63, 3.8) is 0 Å². The lowest BCUT2D eigenvalue weighted by Crippen LogP contribution is -2.33. The summed E-state index contributed by atoms with van der Waals surface area (Å²) in [5.41, 5.74) is 4.08. The maximum atomic E-state index is 12.7. The molecule has 0 unspecified atom stereocenters. The van der Waals surface area contributed by atoms with Gasteiger partial charge >= 0.3 is 0 Å². The molecule has 0 spiro atoms. The normalized spacial score (nSPS) is 14.7. The standard InChI is InChI=1S/C30H30N2O3/c1-3-21-9-7-12-23(19-21)34-20-26-24-13-8-14-27(33)25(24)15-16-28(26)35-30(2,29-31-17-18-32-29)22-10-5-4-6-11-22/h4-7,9-12,15-19H,3,8,13-14,20H2,1-2H3,(H,31,32)/t30-/m0/s1. The molecule has 0 saturated carbocycles. The van der Waals surface area contributed by atoms with Crippen LogP contribution in [0.25, 0.3) is 0 Å². The Morgan fingerprint density at radius 1 is 1.03 bits per heavy atom. The lowest BCUT2D eigenvalue weighted by Gasteiger charge is -2.32. The quantitative estimate of drug-likeness (QED) is 0.326. The maximum absolute atomic E-state index is 12.7. The molecule has 0 saturated heterocycles. The van der Waals surface area contributed by atoms with Crippen LogP contribution in [0.4, 0.5) is 0 Å². The van der Waals surface area contributed by atoms with E-state index in [0.717, 1.165) is 47.3 Å². The first-order chi connectivity index (χ1) is 17.1. The van der Waals surface area contributed by atoms with Crippen molar-refractivity contribution in [1.82, 2.24) is 9.97 Å². The number of rotatable bonds is 8. The van der Waals surface area contributed by atoms with Crippen LogP contribution in [0, 0.1) is 0 Å². The van der Waals surface area contributed by atoms with Crippen LogP contribution in [0.15, 0.2) is 79.1 Å².